The summed E-state index contributed by atoms with van der Waals surface area (Å²) in [6.45, 7) is 3.77. The summed E-state index contributed by atoms with van der Waals surface area (Å²) < 4.78 is 6.00. The summed E-state index contributed by atoms with van der Waals surface area (Å²) in [6, 6.07) is 18.5. The number of anilines is 1. The Balaban J connectivity index is 1.52. The molecule has 1 fully saturated rings. The van der Waals surface area contributed by atoms with E-state index in [-0.39, 0.29) is 12.7 Å². The van der Waals surface area contributed by atoms with E-state index < -0.39 is 0 Å². The lowest BCUT2D eigenvalue weighted by molar-refractivity contribution is 0.216. The quantitative estimate of drug-likeness (QED) is 0.615. The number of aliphatic hydroxyl groups is 1. The van der Waals surface area contributed by atoms with Crippen LogP contribution in [0.1, 0.15) is 24.5 Å². The van der Waals surface area contributed by atoms with Gasteiger partial charge in [0, 0.05) is 30.4 Å². The highest BCUT2D eigenvalue weighted by Crippen LogP contribution is 2.32. The van der Waals surface area contributed by atoms with Gasteiger partial charge in [0.15, 0.2) is 0 Å². The number of ether oxygens (including phenoxy) is 1. The van der Waals surface area contributed by atoms with E-state index in [1.165, 1.54) is 11.1 Å². The van der Waals surface area contributed by atoms with E-state index in [1.54, 1.807) is 18.3 Å². The number of pyridine rings is 1. The minimum Gasteiger partial charge on any atom is -0.471 e. The molecule has 29 heavy (non-hydrogen) atoms. The molecule has 1 aromatic heterocycles. The molecule has 0 unspecified atom stereocenters. The monoisotopic (exact) mass is 408 g/mol. The van der Waals surface area contributed by atoms with Crippen molar-refractivity contribution >= 4 is 17.3 Å². The Bertz CT molecular complexity index is 992. The number of halogens is 1. The molecule has 4 rings (SSSR count). The molecule has 0 radical (unpaired) electrons. The number of hydrogen-bond acceptors (Lipinski definition) is 4. The lowest BCUT2D eigenvalue weighted by atomic mass is 9.99. The molecule has 0 bridgehead atoms. The smallest absolute Gasteiger partial charge is 0.232 e. The number of aliphatic hydroxyl groups excluding tert-OH is 1. The normalized spacial score (nSPS) is 16.2. The van der Waals surface area contributed by atoms with E-state index in [2.05, 4.69) is 59.3 Å². The third kappa shape index (κ3) is 4.39. The van der Waals surface area contributed by atoms with Gasteiger partial charge in [-0.05, 0) is 47.4 Å². The summed E-state index contributed by atoms with van der Waals surface area (Å²) in [6.07, 6.45) is 3.60. The zero-order valence-corrected chi connectivity index (χ0v) is 17.3. The van der Waals surface area contributed by atoms with E-state index in [0.29, 0.717) is 10.9 Å². The van der Waals surface area contributed by atoms with Crippen LogP contribution in [-0.4, -0.2) is 29.3 Å². The maximum Gasteiger partial charge on any atom is 0.232 e. The van der Waals surface area contributed by atoms with Gasteiger partial charge >= 0.3 is 0 Å². The molecule has 1 saturated heterocycles. The van der Waals surface area contributed by atoms with Gasteiger partial charge in [-0.25, -0.2) is 4.98 Å². The van der Waals surface area contributed by atoms with Gasteiger partial charge in [0.05, 0.1) is 13.2 Å². The predicted octanol–water partition coefficient (Wildman–Crippen LogP) is 5.11. The van der Waals surface area contributed by atoms with Crippen LogP contribution < -0.4 is 9.64 Å². The Hall–Kier alpha value is -2.56. The standard InChI is InChI=1S/C24H25ClN2O2/c1-2-17-5-3-6-18(13-17)19-8-9-23(20(14-19)16-28)27-12-10-21(15-27)29-24-22(25)7-4-11-26-24/h3-9,11,13-14,21,28H,2,10,12,15-16H2,1H3/t21-/m0/s1. The Labute approximate surface area is 176 Å². The van der Waals surface area contributed by atoms with Crippen molar-refractivity contribution in [3.8, 4) is 17.0 Å². The number of hydrogen-bond donors (Lipinski definition) is 1. The van der Waals surface area contributed by atoms with E-state index >= 15 is 0 Å². The van der Waals surface area contributed by atoms with Crippen LogP contribution in [0.4, 0.5) is 5.69 Å². The molecule has 5 heteroatoms. The van der Waals surface area contributed by atoms with Gasteiger partial charge in [-0.3, -0.25) is 0 Å². The first-order valence-electron chi connectivity index (χ1n) is 10.0. The summed E-state index contributed by atoms with van der Waals surface area (Å²) in [5, 5.41) is 10.5. The summed E-state index contributed by atoms with van der Waals surface area (Å²) >= 11 is 6.17. The predicted molar refractivity (Wildman–Crippen MR) is 118 cm³/mol. The zero-order valence-electron chi connectivity index (χ0n) is 16.5. The fourth-order valence-electron chi connectivity index (χ4n) is 3.83. The van der Waals surface area contributed by atoms with Crippen LogP contribution in [0.2, 0.25) is 5.02 Å². The Morgan fingerprint density at radius 3 is 2.79 bits per heavy atom. The highest BCUT2D eigenvalue weighted by molar-refractivity contribution is 6.31. The second-order valence-corrected chi connectivity index (χ2v) is 7.73. The lowest BCUT2D eigenvalue weighted by Gasteiger charge is -2.22. The Morgan fingerprint density at radius 2 is 2.00 bits per heavy atom. The highest BCUT2D eigenvalue weighted by atomic mass is 35.5. The first-order valence-corrected chi connectivity index (χ1v) is 10.4. The van der Waals surface area contributed by atoms with Crippen molar-refractivity contribution in [3.63, 3.8) is 0 Å². The van der Waals surface area contributed by atoms with Crippen LogP contribution in [-0.2, 0) is 13.0 Å². The molecule has 3 aromatic rings. The average molecular weight is 409 g/mol. The third-order valence-corrected chi connectivity index (χ3v) is 5.69. The van der Waals surface area contributed by atoms with Crippen molar-refractivity contribution in [1.29, 1.82) is 0 Å². The van der Waals surface area contributed by atoms with E-state index in [0.717, 1.165) is 42.7 Å². The molecule has 1 atom stereocenters. The van der Waals surface area contributed by atoms with Crippen LogP contribution >= 0.6 is 11.6 Å². The van der Waals surface area contributed by atoms with Gasteiger partial charge in [-0.15, -0.1) is 0 Å². The van der Waals surface area contributed by atoms with E-state index in [4.69, 9.17) is 16.3 Å². The Morgan fingerprint density at radius 1 is 1.14 bits per heavy atom. The number of aromatic nitrogens is 1. The van der Waals surface area contributed by atoms with Crippen molar-refractivity contribution in [2.45, 2.75) is 32.5 Å². The van der Waals surface area contributed by atoms with Crippen LogP contribution in [0, 0.1) is 0 Å². The minimum absolute atomic E-state index is 0.00470. The van der Waals surface area contributed by atoms with Gasteiger partial charge in [0.25, 0.3) is 0 Å². The van der Waals surface area contributed by atoms with Crippen molar-refractivity contribution in [3.05, 3.63) is 76.9 Å². The van der Waals surface area contributed by atoms with Gasteiger partial charge < -0.3 is 14.7 Å². The fourth-order valence-corrected chi connectivity index (χ4v) is 4.00. The van der Waals surface area contributed by atoms with Crippen molar-refractivity contribution in [2.75, 3.05) is 18.0 Å². The molecule has 0 aliphatic carbocycles. The van der Waals surface area contributed by atoms with Gasteiger partial charge in [-0.1, -0.05) is 48.9 Å². The minimum atomic E-state index is 0.00470. The van der Waals surface area contributed by atoms with Crippen LogP contribution in [0.5, 0.6) is 5.88 Å². The second-order valence-electron chi connectivity index (χ2n) is 7.32. The summed E-state index contributed by atoms with van der Waals surface area (Å²) in [5.41, 5.74) is 5.60. The van der Waals surface area contributed by atoms with Crippen LogP contribution in [0.3, 0.4) is 0 Å². The summed E-state index contributed by atoms with van der Waals surface area (Å²) in [4.78, 5) is 6.48. The topological polar surface area (TPSA) is 45.6 Å². The molecule has 0 saturated carbocycles. The molecule has 0 amide bonds. The van der Waals surface area contributed by atoms with Gasteiger partial charge in [0.1, 0.15) is 11.1 Å². The van der Waals surface area contributed by atoms with Crippen molar-refractivity contribution in [2.24, 2.45) is 0 Å². The number of rotatable bonds is 6. The molecule has 2 heterocycles. The first-order chi connectivity index (χ1) is 14.2. The van der Waals surface area contributed by atoms with Crippen LogP contribution in [0.15, 0.2) is 60.8 Å². The highest BCUT2D eigenvalue weighted by Gasteiger charge is 2.26. The second kappa shape index (κ2) is 8.85. The molecule has 1 aliphatic heterocycles. The third-order valence-electron chi connectivity index (χ3n) is 5.41. The van der Waals surface area contributed by atoms with Crippen molar-refractivity contribution in [1.82, 2.24) is 4.98 Å². The Kier molecular flexibility index (Phi) is 6.02. The summed E-state index contributed by atoms with van der Waals surface area (Å²) in [5.74, 6) is 0.481. The number of nitrogens with zero attached hydrogens (tertiary/aromatic N) is 2. The molecule has 1 N–H and O–H groups in total. The van der Waals surface area contributed by atoms with Crippen molar-refractivity contribution < 1.29 is 9.84 Å². The molecule has 2 aromatic carbocycles. The summed E-state index contributed by atoms with van der Waals surface area (Å²) in [7, 11) is 0. The molecular formula is C24H25ClN2O2. The average Bonchev–Trinajstić information content (AvgIpc) is 3.23. The zero-order chi connectivity index (χ0) is 20.2. The number of benzene rings is 2. The molecule has 150 valence electrons. The first kappa shape index (κ1) is 19.7. The maximum absolute atomic E-state index is 10.0. The molecule has 1 aliphatic rings. The molecule has 4 nitrogen and oxygen atoms in total. The fraction of sp³-hybridized carbons (Fsp3) is 0.292. The number of aryl methyl sites for hydroxylation is 1. The molecule has 0 spiro atoms. The maximum atomic E-state index is 10.0. The van der Waals surface area contributed by atoms with Gasteiger partial charge in [0.2, 0.25) is 5.88 Å². The SMILES string of the molecule is CCc1cccc(-c2ccc(N3CC[C@H](Oc4ncccc4Cl)C3)c(CO)c2)c1. The lowest BCUT2D eigenvalue weighted by Crippen LogP contribution is -2.25. The molecular weight excluding hydrogens is 384 g/mol. The van der Waals surface area contributed by atoms with E-state index in [9.17, 15) is 5.11 Å². The van der Waals surface area contributed by atoms with Gasteiger partial charge in [-0.2, -0.15) is 0 Å². The largest absolute Gasteiger partial charge is 0.471 e. The van der Waals surface area contributed by atoms with E-state index in [1.807, 2.05) is 0 Å². The van der Waals surface area contributed by atoms with Crippen LogP contribution in [0.25, 0.3) is 11.1 Å².